The van der Waals surface area contributed by atoms with Crippen molar-refractivity contribution in [3.8, 4) is 11.3 Å². The molecule has 0 bridgehead atoms. The Kier molecular flexibility index (Phi) is 5.78. The summed E-state index contributed by atoms with van der Waals surface area (Å²) >= 11 is 0. The number of hydrogen-bond acceptors (Lipinski definition) is 6. The number of anilines is 1. The lowest BCUT2D eigenvalue weighted by atomic mass is 10.1. The van der Waals surface area contributed by atoms with E-state index in [2.05, 4.69) is 14.9 Å². The van der Waals surface area contributed by atoms with Crippen LogP contribution >= 0.6 is 0 Å². The van der Waals surface area contributed by atoms with E-state index in [9.17, 15) is 8.42 Å². The SMILES string of the molecule is CN1CCCN(c2c(F)cc(S(=O)(=O)n3ccc4c(-c5ccccn5)cncc43)cc2F)CC1. The van der Waals surface area contributed by atoms with Crippen molar-refractivity contribution < 1.29 is 17.2 Å². The highest BCUT2D eigenvalue weighted by molar-refractivity contribution is 7.90. The molecule has 0 atom stereocenters. The van der Waals surface area contributed by atoms with E-state index in [1.807, 2.05) is 13.1 Å². The number of halogens is 2. The Bertz CT molecular complexity index is 1430. The van der Waals surface area contributed by atoms with E-state index >= 15 is 8.78 Å². The van der Waals surface area contributed by atoms with Gasteiger partial charge < -0.3 is 9.80 Å². The van der Waals surface area contributed by atoms with Crippen LogP contribution in [0.15, 0.2) is 66.1 Å². The number of hydrogen-bond donors (Lipinski definition) is 0. The van der Waals surface area contributed by atoms with Crippen LogP contribution in [0.4, 0.5) is 14.5 Å². The summed E-state index contributed by atoms with van der Waals surface area (Å²) in [5.41, 5.74) is 1.40. The number of pyridine rings is 2. The van der Waals surface area contributed by atoms with Gasteiger partial charge in [0.2, 0.25) is 0 Å². The van der Waals surface area contributed by atoms with Crippen LogP contribution in [0.25, 0.3) is 22.2 Å². The summed E-state index contributed by atoms with van der Waals surface area (Å²) < 4.78 is 58.0. The Morgan fingerprint density at radius 1 is 0.971 bits per heavy atom. The Morgan fingerprint density at radius 2 is 1.76 bits per heavy atom. The third-order valence-electron chi connectivity index (χ3n) is 6.10. The van der Waals surface area contributed by atoms with Crippen LogP contribution in [0, 0.1) is 11.6 Å². The van der Waals surface area contributed by atoms with E-state index in [1.165, 1.54) is 12.4 Å². The van der Waals surface area contributed by atoms with Crippen LogP contribution in [0.3, 0.4) is 0 Å². The standard InChI is InChI=1S/C24H23F2N5O2S/c1-29-8-4-9-30(12-11-29)24-20(25)13-17(14-21(24)26)34(32,33)31-10-6-18-19(15-27-16-23(18)31)22-5-2-3-7-28-22/h2-3,5-7,10,13-16H,4,8-9,11-12H2,1H3. The lowest BCUT2D eigenvalue weighted by Gasteiger charge is -2.24. The summed E-state index contributed by atoms with van der Waals surface area (Å²) in [5, 5.41) is 0.614. The highest BCUT2D eigenvalue weighted by Crippen LogP contribution is 2.32. The van der Waals surface area contributed by atoms with Crippen LogP contribution < -0.4 is 4.90 Å². The minimum absolute atomic E-state index is 0.189. The fourth-order valence-electron chi connectivity index (χ4n) is 4.35. The summed E-state index contributed by atoms with van der Waals surface area (Å²) in [6.07, 6.45) is 6.78. The molecule has 0 spiro atoms. The van der Waals surface area contributed by atoms with Gasteiger partial charge in [-0.05, 0) is 50.3 Å². The van der Waals surface area contributed by atoms with Crippen molar-refractivity contribution in [2.45, 2.75) is 11.3 Å². The first-order valence-electron chi connectivity index (χ1n) is 10.9. The van der Waals surface area contributed by atoms with Gasteiger partial charge in [0.25, 0.3) is 10.0 Å². The van der Waals surface area contributed by atoms with Crippen molar-refractivity contribution in [2.24, 2.45) is 0 Å². The first-order chi connectivity index (χ1) is 16.4. The Balaban J connectivity index is 1.56. The third kappa shape index (κ3) is 3.92. The summed E-state index contributed by atoms with van der Waals surface area (Å²) in [6.45, 7) is 2.45. The summed E-state index contributed by atoms with van der Waals surface area (Å²) in [6, 6.07) is 8.82. The molecule has 0 aliphatic carbocycles. The lowest BCUT2D eigenvalue weighted by Crippen LogP contribution is -2.30. The third-order valence-corrected chi connectivity index (χ3v) is 7.77. The van der Waals surface area contributed by atoms with Gasteiger partial charge in [-0.2, -0.15) is 0 Å². The Hall–Kier alpha value is -3.37. The molecular weight excluding hydrogens is 460 g/mol. The van der Waals surface area contributed by atoms with E-state index in [1.54, 1.807) is 35.5 Å². The van der Waals surface area contributed by atoms with Crippen LogP contribution in [-0.4, -0.2) is 60.5 Å². The molecule has 7 nitrogen and oxygen atoms in total. The molecule has 10 heteroatoms. The number of benzene rings is 1. The fourth-order valence-corrected chi connectivity index (χ4v) is 5.70. The predicted molar refractivity (Wildman–Crippen MR) is 126 cm³/mol. The molecule has 176 valence electrons. The fraction of sp³-hybridized carbons (Fsp3) is 0.250. The molecular formula is C24H23F2N5O2S. The van der Waals surface area contributed by atoms with Crippen LogP contribution in [-0.2, 0) is 10.0 Å². The van der Waals surface area contributed by atoms with Gasteiger partial charge in [0.05, 0.1) is 22.3 Å². The van der Waals surface area contributed by atoms with Gasteiger partial charge in [0, 0.05) is 49.2 Å². The Labute approximate surface area is 196 Å². The minimum Gasteiger partial charge on any atom is -0.365 e. The molecule has 1 fully saturated rings. The first-order valence-corrected chi connectivity index (χ1v) is 12.3. The molecule has 1 aliphatic rings. The van der Waals surface area contributed by atoms with Gasteiger partial charge in [-0.15, -0.1) is 0 Å². The van der Waals surface area contributed by atoms with E-state index in [-0.39, 0.29) is 5.69 Å². The second-order valence-corrected chi connectivity index (χ2v) is 10.1. The van der Waals surface area contributed by atoms with Crippen molar-refractivity contribution in [1.29, 1.82) is 0 Å². The molecule has 4 heterocycles. The highest BCUT2D eigenvalue weighted by atomic mass is 32.2. The minimum atomic E-state index is -4.28. The van der Waals surface area contributed by atoms with Crippen LogP contribution in [0.1, 0.15) is 6.42 Å². The van der Waals surface area contributed by atoms with E-state index in [0.29, 0.717) is 41.8 Å². The zero-order valence-corrected chi connectivity index (χ0v) is 19.3. The van der Waals surface area contributed by atoms with Crippen molar-refractivity contribution in [1.82, 2.24) is 18.8 Å². The highest BCUT2D eigenvalue weighted by Gasteiger charge is 2.26. The maximum atomic E-state index is 15.1. The van der Waals surface area contributed by atoms with Crippen molar-refractivity contribution in [3.63, 3.8) is 0 Å². The molecule has 0 N–H and O–H groups in total. The lowest BCUT2D eigenvalue weighted by molar-refractivity contribution is 0.360. The molecule has 4 aromatic rings. The molecule has 1 saturated heterocycles. The van der Waals surface area contributed by atoms with Crippen molar-refractivity contribution in [3.05, 3.63) is 72.8 Å². The number of nitrogens with zero attached hydrogens (tertiary/aromatic N) is 5. The number of likely N-dealkylation sites (N-methyl/N-ethyl adjacent to an activating group) is 1. The van der Waals surface area contributed by atoms with Gasteiger partial charge in [0.15, 0.2) is 11.6 Å². The summed E-state index contributed by atoms with van der Waals surface area (Å²) in [5.74, 6) is -1.79. The number of rotatable bonds is 4. The maximum absolute atomic E-state index is 15.1. The maximum Gasteiger partial charge on any atom is 0.268 e. The van der Waals surface area contributed by atoms with Gasteiger partial charge in [0.1, 0.15) is 5.69 Å². The van der Waals surface area contributed by atoms with E-state index in [4.69, 9.17) is 0 Å². The average molecular weight is 484 g/mol. The second-order valence-electron chi connectivity index (χ2n) is 8.33. The topological polar surface area (TPSA) is 71.3 Å². The molecule has 0 unspecified atom stereocenters. The second kappa shape index (κ2) is 8.77. The largest absolute Gasteiger partial charge is 0.365 e. The zero-order chi connectivity index (χ0) is 23.9. The average Bonchev–Trinajstić information content (AvgIpc) is 3.16. The van der Waals surface area contributed by atoms with Gasteiger partial charge in [-0.1, -0.05) is 6.07 Å². The summed E-state index contributed by atoms with van der Waals surface area (Å²) in [4.78, 5) is 11.8. The molecule has 0 saturated carbocycles. The van der Waals surface area contributed by atoms with Gasteiger partial charge >= 0.3 is 0 Å². The molecule has 1 aliphatic heterocycles. The molecule has 34 heavy (non-hydrogen) atoms. The van der Waals surface area contributed by atoms with Crippen LogP contribution in [0.2, 0.25) is 0 Å². The van der Waals surface area contributed by atoms with Crippen LogP contribution in [0.5, 0.6) is 0 Å². The summed E-state index contributed by atoms with van der Waals surface area (Å²) in [7, 11) is -2.32. The quantitative estimate of drug-likeness (QED) is 0.440. The van der Waals surface area contributed by atoms with Crippen molar-refractivity contribution >= 4 is 26.6 Å². The van der Waals surface area contributed by atoms with Gasteiger partial charge in [-0.3, -0.25) is 9.97 Å². The van der Waals surface area contributed by atoms with E-state index in [0.717, 1.165) is 29.1 Å². The zero-order valence-electron chi connectivity index (χ0n) is 18.5. The predicted octanol–water partition coefficient (Wildman–Crippen LogP) is 3.76. The first kappa shape index (κ1) is 22.4. The molecule has 0 radical (unpaired) electrons. The van der Waals surface area contributed by atoms with E-state index < -0.39 is 26.6 Å². The Morgan fingerprint density at radius 3 is 2.50 bits per heavy atom. The number of aromatic nitrogens is 3. The number of fused-ring (bicyclic) bond motifs is 1. The molecule has 3 aromatic heterocycles. The smallest absolute Gasteiger partial charge is 0.268 e. The molecule has 5 rings (SSSR count). The van der Waals surface area contributed by atoms with Crippen molar-refractivity contribution in [2.75, 3.05) is 38.1 Å². The monoisotopic (exact) mass is 483 g/mol. The van der Waals surface area contributed by atoms with Gasteiger partial charge in [-0.25, -0.2) is 21.2 Å². The molecule has 1 aromatic carbocycles. The molecule has 0 amide bonds. The normalized spacial score (nSPS) is 15.6.